The van der Waals surface area contributed by atoms with Crippen LogP contribution in [0.25, 0.3) is 0 Å². The van der Waals surface area contributed by atoms with E-state index in [-0.39, 0.29) is 17.4 Å². The molecular formula is C12H21N3O2. The van der Waals surface area contributed by atoms with Gasteiger partial charge in [-0.3, -0.25) is 4.79 Å². The van der Waals surface area contributed by atoms with Gasteiger partial charge in [-0.2, -0.15) is 0 Å². The number of carbonyl (C=O) groups is 1. The Labute approximate surface area is 101 Å². The lowest BCUT2D eigenvalue weighted by Gasteiger charge is -2.39. The summed E-state index contributed by atoms with van der Waals surface area (Å²) in [6.07, 6.45) is 3.97. The van der Waals surface area contributed by atoms with E-state index in [9.17, 15) is 4.79 Å². The highest BCUT2D eigenvalue weighted by molar-refractivity contribution is 5.77. The van der Waals surface area contributed by atoms with Crippen LogP contribution in [0.1, 0.15) is 25.7 Å². The van der Waals surface area contributed by atoms with E-state index in [0.717, 1.165) is 45.4 Å². The number of nitrogens with two attached hydrogens (primary N) is 1. The largest absolute Gasteiger partial charge is 0.372 e. The van der Waals surface area contributed by atoms with Crippen LogP contribution in [0.5, 0.6) is 0 Å². The van der Waals surface area contributed by atoms with Crippen LogP contribution in [0, 0.1) is 5.92 Å². The van der Waals surface area contributed by atoms with Crippen molar-refractivity contribution in [3.8, 4) is 0 Å². The Kier molecular flexibility index (Phi) is 2.84. The molecule has 2 aliphatic heterocycles. The first-order valence-electron chi connectivity index (χ1n) is 6.60. The third kappa shape index (κ3) is 1.96. The van der Waals surface area contributed by atoms with E-state index in [4.69, 9.17) is 10.5 Å². The molecule has 2 heterocycles. The predicted octanol–water partition coefficient (Wildman–Crippen LogP) is -0.639. The monoisotopic (exact) mass is 239 g/mol. The van der Waals surface area contributed by atoms with Gasteiger partial charge in [0.05, 0.1) is 5.60 Å². The van der Waals surface area contributed by atoms with E-state index in [1.54, 1.807) is 0 Å². The molecular weight excluding hydrogens is 218 g/mol. The molecule has 17 heavy (non-hydrogen) atoms. The van der Waals surface area contributed by atoms with Gasteiger partial charge in [0.25, 0.3) is 0 Å². The van der Waals surface area contributed by atoms with Crippen LogP contribution < -0.4 is 16.4 Å². The predicted molar refractivity (Wildman–Crippen MR) is 63.4 cm³/mol. The lowest BCUT2D eigenvalue weighted by molar-refractivity contribution is -0.125. The van der Waals surface area contributed by atoms with E-state index in [1.165, 1.54) is 0 Å². The average Bonchev–Trinajstić information content (AvgIpc) is 2.83. The topological polar surface area (TPSA) is 76.4 Å². The van der Waals surface area contributed by atoms with Gasteiger partial charge in [-0.1, -0.05) is 0 Å². The lowest BCUT2D eigenvalue weighted by atomic mass is 9.78. The molecule has 1 saturated carbocycles. The average molecular weight is 239 g/mol. The minimum Gasteiger partial charge on any atom is -0.372 e. The minimum atomic E-state index is -0.150. The Balaban J connectivity index is 1.54. The molecule has 2 atom stereocenters. The number of rotatable bonds is 3. The van der Waals surface area contributed by atoms with Crippen molar-refractivity contribution in [3.63, 3.8) is 0 Å². The third-order valence-corrected chi connectivity index (χ3v) is 4.56. The fraction of sp³-hybridized carbons (Fsp3) is 0.917. The summed E-state index contributed by atoms with van der Waals surface area (Å²) in [5, 5.41) is 7.04. The number of hydrogen-bond acceptors (Lipinski definition) is 4. The zero-order valence-electron chi connectivity index (χ0n) is 10.1. The van der Waals surface area contributed by atoms with Crippen LogP contribution >= 0.6 is 0 Å². The van der Waals surface area contributed by atoms with Gasteiger partial charge in [0.15, 0.2) is 0 Å². The maximum Gasteiger partial charge on any atom is 0.220 e. The fourth-order valence-corrected chi connectivity index (χ4v) is 3.36. The molecule has 3 aliphatic rings. The molecule has 5 nitrogen and oxygen atoms in total. The first-order valence-corrected chi connectivity index (χ1v) is 6.60. The summed E-state index contributed by atoms with van der Waals surface area (Å²) in [7, 11) is 0. The first kappa shape index (κ1) is 11.4. The number of primary amides is 1. The third-order valence-electron chi connectivity index (χ3n) is 4.56. The SMILES string of the molecule is NC(=O)C1CC(NC2CCOC23CCNC3)C1. The standard InChI is InChI=1S/C12H21N3O2/c13-11(16)8-5-9(6-8)15-10-1-4-17-12(10)2-3-14-7-12/h8-10,14-15H,1-7H2,(H2,13,16). The molecule has 4 N–H and O–H groups in total. The normalized spacial score (nSPS) is 45.1. The second-order valence-electron chi connectivity index (χ2n) is 5.62. The van der Waals surface area contributed by atoms with Gasteiger partial charge < -0.3 is 21.1 Å². The van der Waals surface area contributed by atoms with Crippen LogP contribution in [0.15, 0.2) is 0 Å². The van der Waals surface area contributed by atoms with Gasteiger partial charge in [-0.15, -0.1) is 0 Å². The van der Waals surface area contributed by atoms with Crippen molar-refractivity contribution in [3.05, 3.63) is 0 Å². The van der Waals surface area contributed by atoms with E-state index in [0.29, 0.717) is 12.1 Å². The molecule has 2 unspecified atom stereocenters. The van der Waals surface area contributed by atoms with Crippen molar-refractivity contribution in [1.29, 1.82) is 0 Å². The van der Waals surface area contributed by atoms with Crippen molar-refractivity contribution in [2.45, 2.75) is 43.4 Å². The van der Waals surface area contributed by atoms with Gasteiger partial charge in [-0.05, 0) is 32.2 Å². The van der Waals surface area contributed by atoms with Gasteiger partial charge in [0.1, 0.15) is 0 Å². The van der Waals surface area contributed by atoms with Gasteiger partial charge in [-0.25, -0.2) is 0 Å². The minimum absolute atomic E-state index is 0.0117. The summed E-state index contributed by atoms with van der Waals surface area (Å²) in [4.78, 5) is 11.0. The summed E-state index contributed by atoms with van der Waals surface area (Å²) in [5.41, 5.74) is 5.29. The van der Waals surface area contributed by atoms with Crippen LogP contribution in [-0.2, 0) is 9.53 Å². The summed E-state index contributed by atoms with van der Waals surface area (Å²) in [6, 6.07) is 0.896. The molecule has 1 spiro atoms. The molecule has 1 amide bonds. The van der Waals surface area contributed by atoms with Gasteiger partial charge in [0.2, 0.25) is 5.91 Å². The Morgan fingerprint density at radius 1 is 1.47 bits per heavy atom. The van der Waals surface area contributed by atoms with Crippen LogP contribution in [0.4, 0.5) is 0 Å². The second kappa shape index (κ2) is 4.23. The van der Waals surface area contributed by atoms with E-state index in [1.807, 2.05) is 0 Å². The smallest absolute Gasteiger partial charge is 0.220 e. The lowest BCUT2D eigenvalue weighted by Crippen LogP contribution is -2.56. The molecule has 0 aromatic carbocycles. The molecule has 1 aliphatic carbocycles. The summed E-state index contributed by atoms with van der Waals surface area (Å²) in [6.45, 7) is 2.86. The van der Waals surface area contributed by atoms with E-state index in [2.05, 4.69) is 10.6 Å². The zero-order valence-corrected chi connectivity index (χ0v) is 10.1. The highest BCUT2D eigenvalue weighted by Crippen LogP contribution is 2.35. The summed E-state index contributed by atoms with van der Waals surface area (Å²) < 4.78 is 5.94. The molecule has 5 heteroatoms. The zero-order chi connectivity index (χ0) is 11.9. The van der Waals surface area contributed by atoms with Crippen molar-refractivity contribution < 1.29 is 9.53 Å². The Bertz CT molecular complexity index is 303. The number of hydrogen-bond donors (Lipinski definition) is 3. The molecule has 0 aromatic heterocycles. The Hall–Kier alpha value is -0.650. The van der Waals surface area contributed by atoms with Crippen LogP contribution in [0.2, 0.25) is 0 Å². The van der Waals surface area contributed by atoms with Crippen molar-refractivity contribution in [2.75, 3.05) is 19.7 Å². The van der Waals surface area contributed by atoms with Crippen molar-refractivity contribution in [1.82, 2.24) is 10.6 Å². The maximum absolute atomic E-state index is 11.0. The summed E-state index contributed by atoms with van der Waals surface area (Å²) >= 11 is 0. The maximum atomic E-state index is 11.0. The number of amides is 1. The number of nitrogens with one attached hydrogen (secondary N) is 2. The van der Waals surface area contributed by atoms with Gasteiger partial charge in [0, 0.05) is 31.2 Å². The van der Waals surface area contributed by atoms with E-state index < -0.39 is 0 Å². The highest BCUT2D eigenvalue weighted by Gasteiger charge is 2.48. The Morgan fingerprint density at radius 3 is 2.94 bits per heavy atom. The number of carbonyl (C=O) groups excluding carboxylic acids is 1. The van der Waals surface area contributed by atoms with Crippen LogP contribution in [0.3, 0.4) is 0 Å². The highest BCUT2D eigenvalue weighted by atomic mass is 16.5. The fourth-order valence-electron chi connectivity index (χ4n) is 3.36. The molecule has 0 bridgehead atoms. The number of ether oxygens (including phenoxy) is 1. The molecule has 3 rings (SSSR count). The summed E-state index contributed by atoms with van der Waals surface area (Å²) in [5.74, 6) is -0.0598. The molecule has 3 fully saturated rings. The molecule has 0 aromatic rings. The Morgan fingerprint density at radius 2 is 2.29 bits per heavy atom. The van der Waals surface area contributed by atoms with Crippen molar-refractivity contribution >= 4 is 5.91 Å². The van der Waals surface area contributed by atoms with Gasteiger partial charge >= 0.3 is 0 Å². The van der Waals surface area contributed by atoms with Crippen LogP contribution in [-0.4, -0.2) is 43.3 Å². The van der Waals surface area contributed by atoms with Crippen molar-refractivity contribution in [2.24, 2.45) is 11.7 Å². The quantitative estimate of drug-likeness (QED) is 0.612. The van der Waals surface area contributed by atoms with E-state index >= 15 is 0 Å². The molecule has 96 valence electrons. The molecule has 2 saturated heterocycles. The first-order chi connectivity index (χ1) is 8.20. The molecule has 0 radical (unpaired) electrons. The second-order valence-corrected chi connectivity index (χ2v) is 5.62.